The van der Waals surface area contributed by atoms with Crippen LogP contribution in [0.5, 0.6) is 0 Å². The fraction of sp³-hybridized carbons (Fsp3) is 0.889. The van der Waals surface area contributed by atoms with Gasteiger partial charge in [0, 0.05) is 6.42 Å². The van der Waals surface area contributed by atoms with Crippen LogP contribution in [0.25, 0.3) is 0 Å². The number of hydrogen-bond donors (Lipinski definition) is 0. The van der Waals surface area contributed by atoms with Gasteiger partial charge in [-0.2, -0.15) is 0 Å². The molecule has 0 spiro atoms. The molecule has 3 nitrogen and oxygen atoms in total. The zero-order valence-electron chi connectivity index (χ0n) is 16.1. The molecule has 0 saturated heterocycles. The summed E-state index contributed by atoms with van der Waals surface area (Å²) in [4.78, 5) is 23.0. The number of ether oxygens (including phenoxy) is 1. The summed E-state index contributed by atoms with van der Waals surface area (Å²) >= 11 is 0. The summed E-state index contributed by atoms with van der Waals surface area (Å²) in [5.74, 6) is -0.978. The molecule has 0 saturated carbocycles. The number of ketones is 1. The average molecular weight is 322 g/mol. The van der Waals surface area contributed by atoms with Gasteiger partial charge in [-0.05, 0) is 12.8 Å². The van der Waals surface area contributed by atoms with Crippen LogP contribution >= 0.6 is 0 Å². The molecule has 0 amide bonds. The van der Waals surface area contributed by atoms with E-state index in [1.54, 1.807) is 0 Å². The Hall–Kier alpha value is 0.140. The summed E-state index contributed by atoms with van der Waals surface area (Å²) in [6.07, 6.45) is 14.0. The van der Waals surface area contributed by atoms with Gasteiger partial charge < -0.3 is 6.16 Å². The Morgan fingerprint density at radius 3 is 1.73 bits per heavy atom. The number of Topliss-reactive ketones (excluding diaryl/α,β-unsaturated/α-hetero) is 1. The molecule has 0 aliphatic carbocycles. The third-order valence-electron chi connectivity index (χ3n) is 3.72. The molecule has 0 fully saturated rings. The van der Waals surface area contributed by atoms with E-state index in [-0.39, 0.29) is 36.8 Å². The molecule has 0 bridgehead atoms. The van der Waals surface area contributed by atoms with Crippen molar-refractivity contribution >= 4 is 11.8 Å². The number of hydrogen-bond acceptors (Lipinski definition) is 3. The van der Waals surface area contributed by atoms with Gasteiger partial charge in [0.2, 0.25) is 5.78 Å². The van der Waals surface area contributed by atoms with Crippen molar-refractivity contribution in [2.24, 2.45) is 0 Å². The molecule has 4 heteroatoms. The van der Waals surface area contributed by atoms with Gasteiger partial charge in [0.05, 0.1) is 6.61 Å². The number of carbonyl (C=O) groups is 2. The van der Waals surface area contributed by atoms with Gasteiger partial charge in [-0.25, -0.2) is 4.79 Å². The number of carbonyl (C=O) groups excluding carboxylic acids is 2. The van der Waals surface area contributed by atoms with Gasteiger partial charge in [0.15, 0.2) is 0 Å². The molecule has 22 heavy (non-hydrogen) atoms. The second-order valence-electron chi connectivity index (χ2n) is 5.84. The van der Waals surface area contributed by atoms with Crippen molar-refractivity contribution in [2.75, 3.05) is 6.61 Å². The van der Waals surface area contributed by atoms with Crippen LogP contribution in [0.4, 0.5) is 0 Å². The molecule has 0 radical (unpaired) electrons. The molecule has 0 aliphatic rings. The summed E-state index contributed by atoms with van der Waals surface area (Å²) in [6, 6.07) is 0. The first-order valence-corrected chi connectivity index (χ1v) is 8.92. The van der Waals surface area contributed by atoms with Crippen LogP contribution in [0.3, 0.4) is 0 Å². The van der Waals surface area contributed by atoms with Gasteiger partial charge in [-0.1, -0.05) is 78.1 Å². The van der Waals surface area contributed by atoms with Crippen LogP contribution < -0.4 is 29.6 Å². The zero-order chi connectivity index (χ0) is 15.8. The first kappa shape index (κ1) is 24.4. The molecule has 126 valence electrons. The topological polar surface area (TPSA) is 43.4 Å². The van der Waals surface area contributed by atoms with E-state index in [1.165, 1.54) is 44.9 Å². The van der Waals surface area contributed by atoms with Crippen molar-refractivity contribution in [2.45, 2.75) is 97.3 Å². The third kappa shape index (κ3) is 16.5. The molecule has 0 rings (SSSR count). The van der Waals surface area contributed by atoms with E-state index in [4.69, 9.17) is 4.74 Å². The van der Waals surface area contributed by atoms with Crippen molar-refractivity contribution in [3.63, 3.8) is 0 Å². The number of unbranched alkanes of at least 4 members (excludes halogenated alkanes) is 10. The van der Waals surface area contributed by atoms with Crippen LogP contribution in [-0.2, 0) is 14.3 Å². The van der Waals surface area contributed by atoms with Gasteiger partial charge in [-0.3, -0.25) is 4.79 Å². The molecule has 0 aromatic carbocycles. The molecule has 0 aromatic heterocycles. The van der Waals surface area contributed by atoms with Gasteiger partial charge in [-0.15, -0.1) is 0 Å². The fourth-order valence-electron chi connectivity index (χ4n) is 2.30. The molecule has 0 aromatic rings. The Morgan fingerprint density at radius 1 is 0.727 bits per heavy atom. The first-order valence-electron chi connectivity index (χ1n) is 8.92. The molecule has 0 unspecified atom stereocenters. The Bertz CT molecular complexity index is 273. The first-order chi connectivity index (χ1) is 10.2. The molecule has 0 N–H and O–H groups in total. The summed E-state index contributed by atoms with van der Waals surface area (Å²) in [5, 5.41) is 0. The van der Waals surface area contributed by atoms with Crippen molar-refractivity contribution in [3.8, 4) is 0 Å². The Kier molecular flexibility index (Phi) is 21.3. The van der Waals surface area contributed by atoms with E-state index in [0.717, 1.165) is 32.1 Å². The van der Waals surface area contributed by atoms with Gasteiger partial charge in [0.25, 0.3) is 0 Å². The van der Waals surface area contributed by atoms with Crippen LogP contribution in [0.2, 0.25) is 0 Å². The van der Waals surface area contributed by atoms with E-state index in [1.807, 2.05) is 0 Å². The largest absolute Gasteiger partial charge is 1.00 e. The standard InChI is InChI=1S/C18H34O3.Na.H/c1-3-5-7-9-11-13-15-17(19)18(20)21-16-14-12-10-8-6-4-2;;/h3-16H2,1-2H3;;/q;+1;-1. The molecule has 0 aliphatic heterocycles. The Morgan fingerprint density at radius 2 is 1.18 bits per heavy atom. The third-order valence-corrected chi connectivity index (χ3v) is 3.72. The average Bonchev–Trinajstić information content (AvgIpc) is 2.49. The van der Waals surface area contributed by atoms with E-state index >= 15 is 0 Å². The maximum absolute atomic E-state index is 11.6. The summed E-state index contributed by atoms with van der Waals surface area (Å²) in [6.45, 7) is 4.77. The molecular weight excluding hydrogens is 287 g/mol. The Labute approximate surface area is 160 Å². The maximum Gasteiger partial charge on any atom is 1.00 e. The molecule has 0 atom stereocenters. The van der Waals surface area contributed by atoms with Gasteiger partial charge in [0.1, 0.15) is 0 Å². The normalized spacial score (nSPS) is 10.1. The van der Waals surface area contributed by atoms with E-state index < -0.39 is 5.97 Å². The zero-order valence-corrected chi connectivity index (χ0v) is 17.1. The summed E-state index contributed by atoms with van der Waals surface area (Å²) in [5.41, 5.74) is 0. The van der Waals surface area contributed by atoms with Crippen LogP contribution in [0, 0.1) is 0 Å². The predicted octanol–water partition coefficient (Wildman–Crippen LogP) is 2.33. The van der Waals surface area contributed by atoms with E-state index in [0.29, 0.717) is 13.0 Å². The van der Waals surface area contributed by atoms with E-state index in [2.05, 4.69) is 13.8 Å². The van der Waals surface area contributed by atoms with Crippen molar-refractivity contribution < 1.29 is 45.3 Å². The van der Waals surface area contributed by atoms with Crippen LogP contribution in [0.1, 0.15) is 98.7 Å². The summed E-state index contributed by atoms with van der Waals surface area (Å²) in [7, 11) is 0. The SMILES string of the molecule is CCCCCCCCOC(=O)C(=O)CCCCCCCC.[H-].[Na+]. The Balaban J connectivity index is -0.00000200. The maximum atomic E-state index is 11.6. The van der Waals surface area contributed by atoms with Crippen molar-refractivity contribution in [1.29, 1.82) is 0 Å². The minimum atomic E-state index is -0.628. The van der Waals surface area contributed by atoms with E-state index in [9.17, 15) is 9.59 Å². The second-order valence-corrected chi connectivity index (χ2v) is 5.84. The minimum Gasteiger partial charge on any atom is -1.00 e. The molecular formula is C18H35NaO3. The van der Waals surface area contributed by atoms with Crippen molar-refractivity contribution in [3.05, 3.63) is 0 Å². The number of rotatable bonds is 15. The quantitative estimate of drug-likeness (QED) is 0.201. The second kappa shape index (κ2) is 19.2. The van der Waals surface area contributed by atoms with Crippen LogP contribution in [0.15, 0.2) is 0 Å². The fourth-order valence-corrected chi connectivity index (χ4v) is 2.30. The smallest absolute Gasteiger partial charge is 1.00 e. The predicted molar refractivity (Wildman–Crippen MR) is 88.4 cm³/mol. The number of esters is 1. The molecule has 0 heterocycles. The monoisotopic (exact) mass is 322 g/mol. The minimum absolute atomic E-state index is 0. The van der Waals surface area contributed by atoms with Gasteiger partial charge >= 0.3 is 35.5 Å². The van der Waals surface area contributed by atoms with Crippen molar-refractivity contribution in [1.82, 2.24) is 0 Å². The summed E-state index contributed by atoms with van der Waals surface area (Å²) < 4.78 is 5.02. The van der Waals surface area contributed by atoms with Crippen LogP contribution in [-0.4, -0.2) is 18.4 Å².